The van der Waals surface area contributed by atoms with Crippen LogP contribution in [0.2, 0.25) is 0 Å². The molecule has 0 atom stereocenters. The van der Waals surface area contributed by atoms with Gasteiger partial charge in [0, 0.05) is 0 Å². The predicted molar refractivity (Wildman–Crippen MR) is 38.5 cm³/mol. The molecule has 0 saturated heterocycles. The van der Waals surface area contributed by atoms with Gasteiger partial charge in [-0.1, -0.05) is 0 Å². The van der Waals surface area contributed by atoms with Crippen molar-refractivity contribution in [3.05, 3.63) is 28.2 Å². The Hall–Kier alpha value is -0.640. The molecule has 0 fully saturated rings. The molecule has 0 saturated carbocycles. The number of hydrogen-bond donors (Lipinski definition) is 1. The van der Waals surface area contributed by atoms with Gasteiger partial charge in [0.15, 0.2) is 0 Å². The molecule has 54 valence electrons. The molecule has 0 spiro atoms. The van der Waals surface area contributed by atoms with Gasteiger partial charge in [-0.2, -0.15) is 0 Å². The van der Waals surface area contributed by atoms with Crippen LogP contribution in [0.25, 0.3) is 0 Å². The molecule has 4 heteroatoms. The van der Waals surface area contributed by atoms with Crippen molar-refractivity contribution in [2.75, 3.05) is 5.73 Å². The van der Waals surface area contributed by atoms with Crippen LogP contribution >= 0.6 is 15.9 Å². The minimum Gasteiger partial charge on any atom is -0.395 e. The van der Waals surface area contributed by atoms with Crippen molar-refractivity contribution < 1.29 is 8.78 Å². The van der Waals surface area contributed by atoms with Crippen LogP contribution in [0.5, 0.6) is 0 Å². The van der Waals surface area contributed by atoms with Gasteiger partial charge in [0.05, 0.1) is 10.2 Å². The molecule has 1 rings (SSSR count). The Balaban J connectivity index is 3.34. The lowest BCUT2D eigenvalue weighted by atomic mass is 10.3. The highest BCUT2D eigenvalue weighted by Gasteiger charge is 2.06. The van der Waals surface area contributed by atoms with Crippen LogP contribution in [0, 0.1) is 11.6 Å². The van der Waals surface area contributed by atoms with Crippen LogP contribution in [0.4, 0.5) is 14.5 Å². The maximum Gasteiger partial charge on any atom is 0.147 e. The van der Waals surface area contributed by atoms with Crippen LogP contribution in [0.1, 0.15) is 0 Å². The molecule has 0 unspecified atom stereocenters. The summed E-state index contributed by atoms with van der Waals surface area (Å²) in [6, 6.07) is 1.99. The van der Waals surface area contributed by atoms with Crippen LogP contribution in [0.3, 0.4) is 0 Å². The first-order valence-corrected chi connectivity index (χ1v) is 3.31. The summed E-state index contributed by atoms with van der Waals surface area (Å²) in [5.74, 6) is -1.17. The number of nitrogens with two attached hydrogens (primary N) is 1. The van der Waals surface area contributed by atoms with Crippen LogP contribution in [-0.2, 0) is 0 Å². The fourth-order valence-corrected chi connectivity index (χ4v) is 0.864. The predicted octanol–water partition coefficient (Wildman–Crippen LogP) is 2.31. The summed E-state index contributed by atoms with van der Waals surface area (Å²) >= 11 is 2.79. The van der Waals surface area contributed by atoms with Crippen molar-refractivity contribution in [2.24, 2.45) is 0 Å². The van der Waals surface area contributed by atoms with E-state index in [1.54, 1.807) is 0 Å². The molecule has 0 aliphatic carbocycles. The number of halogens is 3. The fourth-order valence-electron chi connectivity index (χ4n) is 0.543. The van der Waals surface area contributed by atoms with Crippen molar-refractivity contribution in [3.8, 4) is 0 Å². The van der Waals surface area contributed by atoms with Gasteiger partial charge in [-0.25, -0.2) is 8.78 Å². The van der Waals surface area contributed by atoms with Gasteiger partial charge in [-0.3, -0.25) is 0 Å². The first-order chi connectivity index (χ1) is 4.63. The maximum atomic E-state index is 12.5. The van der Waals surface area contributed by atoms with Gasteiger partial charge in [0.1, 0.15) is 11.6 Å². The lowest BCUT2D eigenvalue weighted by Gasteiger charge is -1.98. The fraction of sp³-hybridized carbons (Fsp3) is 0. The lowest BCUT2D eigenvalue weighted by Crippen LogP contribution is -1.93. The Morgan fingerprint density at radius 1 is 1.20 bits per heavy atom. The normalized spacial score (nSPS) is 9.90. The minimum absolute atomic E-state index is 0.0208. The third kappa shape index (κ3) is 1.11. The summed E-state index contributed by atoms with van der Waals surface area (Å²) in [6.07, 6.45) is 0. The third-order valence-corrected chi connectivity index (χ3v) is 1.89. The molecule has 0 heterocycles. The van der Waals surface area contributed by atoms with Gasteiger partial charge < -0.3 is 5.73 Å². The summed E-state index contributed by atoms with van der Waals surface area (Å²) in [4.78, 5) is 0. The summed E-state index contributed by atoms with van der Waals surface area (Å²) in [7, 11) is 0. The number of nitrogen functional groups attached to an aromatic ring is 1. The maximum absolute atomic E-state index is 12.5. The topological polar surface area (TPSA) is 26.0 Å². The van der Waals surface area contributed by atoms with Crippen molar-refractivity contribution in [2.45, 2.75) is 0 Å². The van der Waals surface area contributed by atoms with Crippen LogP contribution < -0.4 is 5.73 Å². The summed E-state index contributed by atoms with van der Waals surface area (Å²) < 4.78 is 24.9. The molecule has 0 bridgehead atoms. The summed E-state index contributed by atoms with van der Waals surface area (Å²) in [5, 5.41) is 0. The molecule has 1 nitrogen and oxygen atoms in total. The molecule has 2 N–H and O–H groups in total. The standard InChI is InChI=1S/C6H4BrF2N/c7-5-3(8)1-2-4(9)6(5)10/h1-2H,10H2. The van der Waals surface area contributed by atoms with Crippen molar-refractivity contribution >= 4 is 21.6 Å². The zero-order valence-corrected chi connectivity index (χ0v) is 6.45. The first-order valence-electron chi connectivity index (χ1n) is 2.52. The highest BCUT2D eigenvalue weighted by molar-refractivity contribution is 9.10. The van der Waals surface area contributed by atoms with Crippen molar-refractivity contribution in [3.63, 3.8) is 0 Å². The van der Waals surface area contributed by atoms with Crippen LogP contribution in [-0.4, -0.2) is 0 Å². The largest absolute Gasteiger partial charge is 0.395 e. The van der Waals surface area contributed by atoms with Gasteiger partial charge in [0.2, 0.25) is 0 Å². The van der Waals surface area contributed by atoms with E-state index in [9.17, 15) is 8.78 Å². The number of benzene rings is 1. The Morgan fingerprint density at radius 2 is 1.70 bits per heavy atom. The first kappa shape index (κ1) is 7.47. The molecule has 1 aromatic carbocycles. The van der Waals surface area contributed by atoms with E-state index < -0.39 is 11.6 Å². The van der Waals surface area contributed by atoms with E-state index in [4.69, 9.17) is 5.73 Å². The second kappa shape index (κ2) is 2.54. The quantitative estimate of drug-likeness (QED) is 0.513. The van der Waals surface area contributed by atoms with Gasteiger partial charge >= 0.3 is 0 Å². The van der Waals surface area contributed by atoms with Gasteiger partial charge in [-0.15, -0.1) is 0 Å². The molecular weight excluding hydrogens is 204 g/mol. The average molecular weight is 208 g/mol. The van der Waals surface area contributed by atoms with E-state index in [0.717, 1.165) is 12.1 Å². The van der Waals surface area contributed by atoms with E-state index >= 15 is 0 Å². The van der Waals surface area contributed by atoms with Crippen molar-refractivity contribution in [1.29, 1.82) is 0 Å². The Bertz CT molecular complexity index is 235. The second-order valence-electron chi connectivity index (χ2n) is 1.76. The molecule has 0 amide bonds. The zero-order chi connectivity index (χ0) is 7.72. The van der Waals surface area contributed by atoms with E-state index in [1.807, 2.05) is 0 Å². The molecule has 0 radical (unpaired) electrons. The highest BCUT2D eigenvalue weighted by Crippen LogP contribution is 2.24. The molecular formula is C6H4BrF2N. The SMILES string of the molecule is Nc1c(F)ccc(F)c1Br. The zero-order valence-electron chi connectivity index (χ0n) is 4.87. The molecule has 10 heavy (non-hydrogen) atoms. The van der Waals surface area contributed by atoms with Crippen molar-refractivity contribution in [1.82, 2.24) is 0 Å². The summed E-state index contributed by atoms with van der Waals surface area (Å²) in [6.45, 7) is 0. The molecule has 0 aromatic heterocycles. The second-order valence-corrected chi connectivity index (χ2v) is 2.55. The number of anilines is 1. The monoisotopic (exact) mass is 207 g/mol. The average Bonchev–Trinajstić information content (AvgIpc) is 1.93. The molecule has 0 aliphatic rings. The van der Waals surface area contributed by atoms with Gasteiger partial charge in [-0.05, 0) is 28.1 Å². The minimum atomic E-state index is -0.617. The van der Waals surface area contributed by atoms with Gasteiger partial charge in [0.25, 0.3) is 0 Å². The Labute approximate surface area is 65.0 Å². The van der Waals surface area contributed by atoms with E-state index in [-0.39, 0.29) is 10.2 Å². The summed E-state index contributed by atoms with van der Waals surface area (Å²) in [5.41, 5.74) is 4.93. The molecule has 1 aromatic rings. The lowest BCUT2D eigenvalue weighted by molar-refractivity contribution is 0.598. The highest BCUT2D eigenvalue weighted by atomic mass is 79.9. The third-order valence-electron chi connectivity index (χ3n) is 1.08. The molecule has 0 aliphatic heterocycles. The van der Waals surface area contributed by atoms with E-state index in [0.29, 0.717) is 0 Å². The van der Waals surface area contributed by atoms with Crippen LogP contribution in [0.15, 0.2) is 16.6 Å². The smallest absolute Gasteiger partial charge is 0.147 e. The van der Waals surface area contributed by atoms with E-state index in [2.05, 4.69) is 15.9 Å². The Kier molecular flexibility index (Phi) is 1.89. The number of hydrogen-bond acceptors (Lipinski definition) is 1. The number of rotatable bonds is 0. The van der Waals surface area contributed by atoms with E-state index in [1.165, 1.54) is 0 Å². The Morgan fingerprint density at radius 3 is 2.20 bits per heavy atom.